The Morgan fingerprint density at radius 2 is 2.17 bits per heavy atom. The molecule has 0 spiro atoms. The van der Waals surface area contributed by atoms with Gasteiger partial charge >= 0.3 is 5.97 Å². The third-order valence-corrected chi connectivity index (χ3v) is 3.94. The summed E-state index contributed by atoms with van der Waals surface area (Å²) in [6.45, 7) is 2.00. The minimum Gasteiger partial charge on any atom is -0.478 e. The first-order chi connectivity index (χ1) is 11.0. The van der Waals surface area contributed by atoms with E-state index in [2.05, 4.69) is 4.98 Å². The first-order valence-corrected chi connectivity index (χ1v) is 7.54. The number of carboxylic acid groups (broad SMARTS) is 1. The molecule has 1 aromatic carbocycles. The fraction of sp³-hybridized carbons (Fsp3) is 0.111. The van der Waals surface area contributed by atoms with Gasteiger partial charge in [0, 0.05) is 23.7 Å². The number of nitrogens with zero attached hydrogens (tertiary/aromatic N) is 2. The largest absolute Gasteiger partial charge is 0.478 e. The molecule has 0 amide bonds. The normalized spacial score (nSPS) is 11.4. The predicted molar refractivity (Wildman–Crippen MR) is 90.9 cm³/mol. The minimum atomic E-state index is -0.995. The number of carbonyl (C=O) groups is 1. The van der Waals surface area contributed by atoms with Gasteiger partial charge in [-0.2, -0.15) is 0 Å². The van der Waals surface area contributed by atoms with Crippen molar-refractivity contribution in [2.45, 2.75) is 13.3 Å². The predicted octanol–water partition coefficient (Wildman–Crippen LogP) is 3.98. The van der Waals surface area contributed by atoms with E-state index in [4.69, 9.17) is 16.7 Å². The number of hydrogen-bond donors (Lipinski definition) is 1. The number of aliphatic carboxylic acids is 1. The zero-order valence-electron chi connectivity index (χ0n) is 12.5. The Balaban J connectivity index is 2.05. The van der Waals surface area contributed by atoms with Crippen LogP contribution in [-0.2, 0) is 11.2 Å². The van der Waals surface area contributed by atoms with Crippen molar-refractivity contribution in [1.29, 1.82) is 0 Å². The standard InChI is InChI=1S/C18H15ClN2O2/c1-12-5-6-13(14(19)10-12)11-17-20-15(7-8-18(22)23)16-4-2-3-9-21(16)17/h2-10H,11H2,1H3,(H,22,23). The third-order valence-electron chi connectivity index (χ3n) is 3.59. The van der Waals surface area contributed by atoms with Gasteiger partial charge in [-0.05, 0) is 42.3 Å². The van der Waals surface area contributed by atoms with Gasteiger partial charge in [-0.15, -0.1) is 0 Å². The Kier molecular flexibility index (Phi) is 4.17. The second-order valence-electron chi connectivity index (χ2n) is 5.31. The van der Waals surface area contributed by atoms with Gasteiger partial charge in [-0.3, -0.25) is 0 Å². The first kappa shape index (κ1) is 15.3. The van der Waals surface area contributed by atoms with Crippen LogP contribution in [0.1, 0.15) is 22.6 Å². The fourth-order valence-electron chi connectivity index (χ4n) is 2.49. The Hall–Kier alpha value is -2.59. The first-order valence-electron chi connectivity index (χ1n) is 7.16. The number of pyridine rings is 1. The van der Waals surface area contributed by atoms with Gasteiger partial charge in [-0.25, -0.2) is 9.78 Å². The Morgan fingerprint density at radius 1 is 1.35 bits per heavy atom. The summed E-state index contributed by atoms with van der Waals surface area (Å²) >= 11 is 6.31. The number of aromatic nitrogens is 2. The highest BCUT2D eigenvalue weighted by Crippen LogP contribution is 2.22. The van der Waals surface area contributed by atoms with Crippen LogP contribution in [0.2, 0.25) is 5.02 Å². The van der Waals surface area contributed by atoms with Crippen molar-refractivity contribution < 1.29 is 9.90 Å². The number of halogens is 1. The number of fused-ring (bicyclic) bond motifs is 1. The molecule has 0 unspecified atom stereocenters. The van der Waals surface area contributed by atoms with E-state index in [1.165, 1.54) is 6.08 Å². The van der Waals surface area contributed by atoms with Crippen LogP contribution < -0.4 is 0 Å². The summed E-state index contributed by atoms with van der Waals surface area (Å²) in [5.41, 5.74) is 3.59. The minimum absolute atomic E-state index is 0.575. The summed E-state index contributed by atoms with van der Waals surface area (Å²) in [6.07, 6.45) is 5.10. The van der Waals surface area contributed by atoms with Crippen LogP contribution in [0.15, 0.2) is 48.7 Å². The van der Waals surface area contributed by atoms with Gasteiger partial charge in [0.25, 0.3) is 0 Å². The highest BCUT2D eigenvalue weighted by atomic mass is 35.5. The molecule has 4 nitrogen and oxygen atoms in total. The van der Waals surface area contributed by atoms with E-state index in [0.717, 1.165) is 28.5 Å². The molecular weight excluding hydrogens is 312 g/mol. The van der Waals surface area contributed by atoms with Crippen LogP contribution in [0.5, 0.6) is 0 Å². The molecule has 0 aliphatic heterocycles. The van der Waals surface area contributed by atoms with Crippen LogP contribution in [0.3, 0.4) is 0 Å². The maximum atomic E-state index is 10.7. The molecule has 5 heteroatoms. The molecule has 1 N–H and O–H groups in total. The second kappa shape index (κ2) is 6.26. The Bertz CT molecular complexity index is 913. The molecular formula is C18H15ClN2O2. The van der Waals surface area contributed by atoms with Crippen molar-refractivity contribution in [3.8, 4) is 0 Å². The van der Waals surface area contributed by atoms with Gasteiger partial charge in [0.1, 0.15) is 5.82 Å². The number of hydrogen-bond acceptors (Lipinski definition) is 2. The number of carboxylic acids is 1. The van der Waals surface area contributed by atoms with Crippen molar-refractivity contribution in [2.24, 2.45) is 0 Å². The Labute approximate surface area is 138 Å². The zero-order chi connectivity index (χ0) is 16.4. The molecule has 2 heterocycles. The molecule has 0 aliphatic carbocycles. The highest BCUT2D eigenvalue weighted by Gasteiger charge is 2.11. The average molecular weight is 327 g/mol. The second-order valence-corrected chi connectivity index (χ2v) is 5.72. The van der Waals surface area contributed by atoms with Gasteiger partial charge in [0.2, 0.25) is 0 Å². The Morgan fingerprint density at radius 3 is 2.91 bits per heavy atom. The zero-order valence-corrected chi connectivity index (χ0v) is 13.3. The molecule has 3 rings (SSSR count). The molecule has 23 heavy (non-hydrogen) atoms. The fourth-order valence-corrected chi connectivity index (χ4v) is 2.79. The van der Waals surface area contributed by atoms with E-state index >= 15 is 0 Å². The quantitative estimate of drug-likeness (QED) is 0.738. The van der Waals surface area contributed by atoms with E-state index in [0.29, 0.717) is 17.1 Å². The van der Waals surface area contributed by atoms with Crippen molar-refractivity contribution in [3.05, 3.63) is 76.3 Å². The molecule has 0 radical (unpaired) electrons. The van der Waals surface area contributed by atoms with E-state index < -0.39 is 5.97 Å². The molecule has 0 atom stereocenters. The molecule has 0 saturated carbocycles. The summed E-state index contributed by atoms with van der Waals surface area (Å²) in [6, 6.07) is 11.7. The topological polar surface area (TPSA) is 54.6 Å². The molecule has 0 fully saturated rings. The summed E-state index contributed by atoms with van der Waals surface area (Å²) in [5.74, 6) is -0.179. The van der Waals surface area contributed by atoms with E-state index in [1.54, 1.807) is 0 Å². The maximum absolute atomic E-state index is 10.7. The van der Waals surface area contributed by atoms with Gasteiger partial charge in [0.15, 0.2) is 0 Å². The summed E-state index contributed by atoms with van der Waals surface area (Å²) in [5, 5.41) is 9.52. The third kappa shape index (κ3) is 3.27. The maximum Gasteiger partial charge on any atom is 0.328 e. The molecule has 0 aliphatic rings. The summed E-state index contributed by atoms with van der Waals surface area (Å²) in [7, 11) is 0. The smallest absolute Gasteiger partial charge is 0.328 e. The van der Waals surface area contributed by atoms with Crippen molar-refractivity contribution >= 4 is 29.2 Å². The number of benzene rings is 1. The average Bonchev–Trinajstić information content (AvgIpc) is 2.86. The van der Waals surface area contributed by atoms with Gasteiger partial charge in [-0.1, -0.05) is 29.8 Å². The molecule has 2 aromatic heterocycles. The lowest BCUT2D eigenvalue weighted by Gasteiger charge is -2.05. The van der Waals surface area contributed by atoms with E-state index in [1.807, 2.05) is 53.9 Å². The molecule has 0 bridgehead atoms. The van der Waals surface area contributed by atoms with Gasteiger partial charge in [0.05, 0.1) is 11.2 Å². The number of rotatable bonds is 4. The van der Waals surface area contributed by atoms with E-state index in [-0.39, 0.29) is 0 Å². The van der Waals surface area contributed by atoms with Crippen LogP contribution in [0.25, 0.3) is 11.6 Å². The lowest BCUT2D eigenvalue weighted by molar-refractivity contribution is -0.131. The lowest BCUT2D eigenvalue weighted by Crippen LogP contribution is -1.97. The molecule has 116 valence electrons. The number of imidazole rings is 1. The summed E-state index contributed by atoms with van der Waals surface area (Å²) < 4.78 is 1.96. The van der Waals surface area contributed by atoms with Crippen LogP contribution in [0, 0.1) is 6.92 Å². The van der Waals surface area contributed by atoms with Crippen molar-refractivity contribution in [2.75, 3.05) is 0 Å². The van der Waals surface area contributed by atoms with Crippen LogP contribution in [-0.4, -0.2) is 20.5 Å². The monoisotopic (exact) mass is 326 g/mol. The van der Waals surface area contributed by atoms with Crippen molar-refractivity contribution in [3.63, 3.8) is 0 Å². The lowest BCUT2D eigenvalue weighted by atomic mass is 10.1. The van der Waals surface area contributed by atoms with Crippen LogP contribution in [0.4, 0.5) is 0 Å². The van der Waals surface area contributed by atoms with Crippen molar-refractivity contribution in [1.82, 2.24) is 9.38 Å². The summed E-state index contributed by atoms with van der Waals surface area (Å²) in [4.78, 5) is 15.3. The van der Waals surface area contributed by atoms with Gasteiger partial charge < -0.3 is 9.51 Å². The van der Waals surface area contributed by atoms with E-state index in [9.17, 15) is 4.79 Å². The SMILES string of the molecule is Cc1ccc(Cc2nc(C=CC(=O)O)c3ccccn23)c(Cl)c1. The highest BCUT2D eigenvalue weighted by molar-refractivity contribution is 6.31. The number of aryl methyl sites for hydroxylation is 1. The molecule has 3 aromatic rings. The van der Waals surface area contributed by atoms with Crippen LogP contribution >= 0.6 is 11.6 Å². The molecule has 0 saturated heterocycles.